The molecule has 0 aliphatic heterocycles. The van der Waals surface area contributed by atoms with Gasteiger partial charge in [-0.05, 0) is 41.9 Å². The van der Waals surface area contributed by atoms with Crippen LogP contribution in [0.4, 0.5) is 0 Å². The number of aromatic nitrogens is 2. The van der Waals surface area contributed by atoms with Crippen molar-refractivity contribution in [1.82, 2.24) is 9.97 Å². The zero-order chi connectivity index (χ0) is 14.7. The predicted octanol–water partition coefficient (Wildman–Crippen LogP) is 3.14. The minimum absolute atomic E-state index is 0.414. The summed E-state index contributed by atoms with van der Waals surface area (Å²) in [4.78, 5) is 8.60. The summed E-state index contributed by atoms with van der Waals surface area (Å²) < 4.78 is 6.26. The Labute approximate surface area is 127 Å². The third kappa shape index (κ3) is 3.16. The van der Waals surface area contributed by atoms with E-state index in [1.54, 1.807) is 25.6 Å². The first-order chi connectivity index (χ1) is 9.52. The fraction of sp³-hybridized carbons (Fsp3) is 0.333. The van der Waals surface area contributed by atoms with E-state index in [0.717, 1.165) is 27.0 Å². The summed E-state index contributed by atoms with van der Waals surface area (Å²) in [5, 5.41) is 10.3. The van der Waals surface area contributed by atoms with Crippen LogP contribution < -0.4 is 4.74 Å². The molecule has 0 spiro atoms. The molecule has 0 saturated carbocycles. The molecule has 0 radical (unpaired) electrons. The third-order valence-electron chi connectivity index (χ3n) is 3.23. The summed E-state index contributed by atoms with van der Waals surface area (Å²) in [5.41, 5.74) is 3.41. The highest BCUT2D eigenvalue weighted by Crippen LogP contribution is 2.27. The SMILES string of the molecule is COc1c(C)cnc(CC(O)c2ccc(Br)cn2)c1C. The second-order valence-electron chi connectivity index (χ2n) is 4.67. The second kappa shape index (κ2) is 6.33. The molecule has 106 valence electrons. The molecule has 2 heterocycles. The van der Waals surface area contributed by atoms with Crippen molar-refractivity contribution >= 4 is 15.9 Å². The molecule has 2 aromatic heterocycles. The number of methoxy groups -OCH3 is 1. The summed E-state index contributed by atoms with van der Waals surface area (Å²) in [6.45, 7) is 3.91. The molecule has 20 heavy (non-hydrogen) atoms. The lowest BCUT2D eigenvalue weighted by molar-refractivity contribution is 0.172. The van der Waals surface area contributed by atoms with Gasteiger partial charge in [0.05, 0.1) is 12.8 Å². The molecule has 5 heteroatoms. The van der Waals surface area contributed by atoms with Crippen molar-refractivity contribution in [2.75, 3.05) is 7.11 Å². The van der Waals surface area contributed by atoms with E-state index in [4.69, 9.17) is 4.74 Å². The van der Waals surface area contributed by atoms with Crippen LogP contribution in [0.3, 0.4) is 0 Å². The fourth-order valence-corrected chi connectivity index (χ4v) is 2.38. The maximum Gasteiger partial charge on any atom is 0.128 e. The normalized spacial score (nSPS) is 12.2. The summed E-state index contributed by atoms with van der Waals surface area (Å²) in [7, 11) is 1.64. The Morgan fingerprint density at radius 2 is 2.00 bits per heavy atom. The number of ether oxygens (including phenoxy) is 1. The van der Waals surface area contributed by atoms with Crippen LogP contribution in [0.25, 0.3) is 0 Å². The average Bonchev–Trinajstić information content (AvgIpc) is 2.43. The van der Waals surface area contributed by atoms with Gasteiger partial charge in [0.2, 0.25) is 0 Å². The Morgan fingerprint density at radius 1 is 1.25 bits per heavy atom. The number of halogens is 1. The van der Waals surface area contributed by atoms with E-state index in [1.165, 1.54) is 0 Å². The van der Waals surface area contributed by atoms with Gasteiger partial charge in [0.1, 0.15) is 11.9 Å². The van der Waals surface area contributed by atoms with Crippen LogP contribution in [0.2, 0.25) is 0 Å². The maximum atomic E-state index is 10.3. The Hall–Kier alpha value is -1.46. The quantitative estimate of drug-likeness (QED) is 0.931. The standard InChI is InChI=1S/C15H17BrN2O2/c1-9-7-17-13(10(2)15(9)20-3)6-14(19)12-5-4-11(16)8-18-12/h4-5,7-8,14,19H,6H2,1-3H3. The zero-order valence-corrected chi connectivity index (χ0v) is 13.3. The lowest BCUT2D eigenvalue weighted by Gasteiger charge is -2.15. The van der Waals surface area contributed by atoms with Gasteiger partial charge < -0.3 is 9.84 Å². The Bertz CT molecular complexity index is 600. The molecule has 4 nitrogen and oxygen atoms in total. The van der Waals surface area contributed by atoms with Gasteiger partial charge in [-0.25, -0.2) is 0 Å². The molecule has 0 aliphatic carbocycles. The molecule has 1 N–H and O–H groups in total. The van der Waals surface area contributed by atoms with Crippen LogP contribution in [0, 0.1) is 13.8 Å². The van der Waals surface area contributed by atoms with E-state index in [0.29, 0.717) is 12.1 Å². The zero-order valence-electron chi connectivity index (χ0n) is 11.7. The monoisotopic (exact) mass is 336 g/mol. The van der Waals surface area contributed by atoms with Crippen molar-refractivity contribution in [2.24, 2.45) is 0 Å². The molecular formula is C15H17BrN2O2. The Kier molecular flexibility index (Phi) is 4.73. The molecule has 0 saturated heterocycles. The molecule has 0 amide bonds. The average molecular weight is 337 g/mol. The van der Waals surface area contributed by atoms with E-state index in [2.05, 4.69) is 25.9 Å². The van der Waals surface area contributed by atoms with E-state index in [-0.39, 0.29) is 0 Å². The van der Waals surface area contributed by atoms with E-state index < -0.39 is 6.10 Å². The van der Waals surface area contributed by atoms with Crippen LogP contribution in [0.1, 0.15) is 28.6 Å². The number of hydrogen-bond acceptors (Lipinski definition) is 4. The van der Waals surface area contributed by atoms with Gasteiger partial charge in [-0.1, -0.05) is 0 Å². The smallest absolute Gasteiger partial charge is 0.128 e. The molecule has 0 bridgehead atoms. The summed E-state index contributed by atoms with van der Waals surface area (Å²) in [6.07, 6.45) is 3.18. The molecular weight excluding hydrogens is 320 g/mol. The van der Waals surface area contributed by atoms with Crippen molar-refractivity contribution in [3.63, 3.8) is 0 Å². The molecule has 0 aromatic carbocycles. The van der Waals surface area contributed by atoms with E-state index in [9.17, 15) is 5.11 Å². The van der Waals surface area contributed by atoms with Gasteiger partial charge in [-0.15, -0.1) is 0 Å². The van der Waals surface area contributed by atoms with E-state index >= 15 is 0 Å². The van der Waals surface area contributed by atoms with Gasteiger partial charge >= 0.3 is 0 Å². The Balaban J connectivity index is 2.23. The summed E-state index contributed by atoms with van der Waals surface area (Å²) in [6, 6.07) is 3.66. The van der Waals surface area contributed by atoms with Gasteiger partial charge in [0, 0.05) is 40.1 Å². The third-order valence-corrected chi connectivity index (χ3v) is 3.70. The number of aliphatic hydroxyl groups is 1. The van der Waals surface area contributed by atoms with Crippen molar-refractivity contribution < 1.29 is 9.84 Å². The Morgan fingerprint density at radius 3 is 2.60 bits per heavy atom. The van der Waals surface area contributed by atoms with Gasteiger partial charge in [-0.3, -0.25) is 9.97 Å². The van der Waals surface area contributed by atoms with Crippen molar-refractivity contribution in [3.8, 4) is 5.75 Å². The van der Waals surface area contributed by atoms with Crippen LogP contribution in [0.15, 0.2) is 29.0 Å². The number of hydrogen-bond donors (Lipinski definition) is 1. The largest absolute Gasteiger partial charge is 0.496 e. The number of aryl methyl sites for hydroxylation is 1. The number of nitrogens with zero attached hydrogens (tertiary/aromatic N) is 2. The van der Waals surface area contributed by atoms with Gasteiger partial charge in [0.25, 0.3) is 0 Å². The topological polar surface area (TPSA) is 55.2 Å². The highest BCUT2D eigenvalue weighted by atomic mass is 79.9. The van der Waals surface area contributed by atoms with Gasteiger partial charge in [-0.2, -0.15) is 0 Å². The van der Waals surface area contributed by atoms with Crippen LogP contribution in [-0.2, 0) is 6.42 Å². The lowest BCUT2D eigenvalue weighted by atomic mass is 10.0. The van der Waals surface area contributed by atoms with Crippen LogP contribution >= 0.6 is 15.9 Å². The lowest BCUT2D eigenvalue weighted by Crippen LogP contribution is -2.08. The van der Waals surface area contributed by atoms with Crippen molar-refractivity contribution in [3.05, 3.63) is 51.5 Å². The minimum atomic E-state index is -0.679. The molecule has 2 aromatic rings. The number of pyridine rings is 2. The van der Waals surface area contributed by atoms with Gasteiger partial charge in [0.15, 0.2) is 0 Å². The van der Waals surface area contributed by atoms with Crippen LogP contribution in [0.5, 0.6) is 5.75 Å². The van der Waals surface area contributed by atoms with Crippen molar-refractivity contribution in [1.29, 1.82) is 0 Å². The second-order valence-corrected chi connectivity index (χ2v) is 5.58. The van der Waals surface area contributed by atoms with E-state index in [1.807, 2.05) is 19.9 Å². The van der Waals surface area contributed by atoms with Crippen molar-refractivity contribution in [2.45, 2.75) is 26.4 Å². The summed E-state index contributed by atoms with van der Waals surface area (Å²) in [5.74, 6) is 0.825. The fourth-order valence-electron chi connectivity index (χ4n) is 2.15. The molecule has 1 unspecified atom stereocenters. The predicted molar refractivity (Wildman–Crippen MR) is 80.9 cm³/mol. The number of rotatable bonds is 4. The summed E-state index contributed by atoms with van der Waals surface area (Å²) >= 11 is 3.33. The molecule has 0 fully saturated rings. The molecule has 1 atom stereocenters. The minimum Gasteiger partial charge on any atom is -0.496 e. The highest BCUT2D eigenvalue weighted by Gasteiger charge is 2.15. The highest BCUT2D eigenvalue weighted by molar-refractivity contribution is 9.10. The van der Waals surface area contributed by atoms with Crippen LogP contribution in [-0.4, -0.2) is 22.2 Å². The first-order valence-electron chi connectivity index (χ1n) is 6.31. The molecule has 0 aliphatic rings. The first kappa shape index (κ1) is 14.9. The first-order valence-corrected chi connectivity index (χ1v) is 7.10. The number of aliphatic hydroxyl groups excluding tert-OH is 1. The maximum absolute atomic E-state index is 10.3. The molecule has 2 rings (SSSR count).